The van der Waals surface area contributed by atoms with Crippen molar-refractivity contribution in [2.24, 2.45) is 0 Å². The summed E-state index contributed by atoms with van der Waals surface area (Å²) < 4.78 is 32.1. The van der Waals surface area contributed by atoms with Crippen molar-refractivity contribution in [2.75, 3.05) is 13.7 Å². The number of sulfonamides is 1. The maximum atomic E-state index is 13.0. The Morgan fingerprint density at radius 1 is 1.12 bits per heavy atom. The quantitative estimate of drug-likeness (QED) is 0.537. The fourth-order valence-corrected chi connectivity index (χ4v) is 4.09. The van der Waals surface area contributed by atoms with Crippen LogP contribution in [0.4, 0.5) is 0 Å². The SMILES string of the molecule is C=CCN([C@@H](Cc1ccccc1)C(=O)OC)S(=O)(=O)c1ccccc1. The van der Waals surface area contributed by atoms with Gasteiger partial charge in [0.15, 0.2) is 0 Å². The van der Waals surface area contributed by atoms with Crippen molar-refractivity contribution >= 4 is 16.0 Å². The summed E-state index contributed by atoms with van der Waals surface area (Å²) >= 11 is 0. The zero-order valence-corrected chi connectivity index (χ0v) is 14.9. The van der Waals surface area contributed by atoms with E-state index in [0.717, 1.165) is 9.87 Å². The van der Waals surface area contributed by atoms with Gasteiger partial charge in [-0.2, -0.15) is 4.31 Å². The van der Waals surface area contributed by atoms with Crippen LogP contribution in [0.25, 0.3) is 0 Å². The molecule has 0 unspecified atom stereocenters. The molecule has 2 aromatic carbocycles. The van der Waals surface area contributed by atoms with Gasteiger partial charge in [0.1, 0.15) is 6.04 Å². The van der Waals surface area contributed by atoms with Crippen molar-refractivity contribution in [2.45, 2.75) is 17.4 Å². The van der Waals surface area contributed by atoms with Crippen LogP contribution in [0.5, 0.6) is 0 Å². The molecule has 0 N–H and O–H groups in total. The largest absolute Gasteiger partial charge is 0.468 e. The second-order valence-corrected chi connectivity index (χ2v) is 7.30. The predicted octanol–water partition coefficient (Wildman–Crippen LogP) is 2.65. The van der Waals surface area contributed by atoms with E-state index >= 15 is 0 Å². The zero-order chi connectivity index (χ0) is 18.3. The number of nitrogens with zero attached hydrogens (tertiary/aromatic N) is 1. The molecule has 0 heterocycles. The first-order chi connectivity index (χ1) is 12.0. The Morgan fingerprint density at radius 3 is 2.20 bits per heavy atom. The molecule has 6 heteroatoms. The van der Waals surface area contributed by atoms with Gasteiger partial charge in [-0.15, -0.1) is 6.58 Å². The summed E-state index contributed by atoms with van der Waals surface area (Å²) in [6, 6.07) is 16.3. The van der Waals surface area contributed by atoms with E-state index in [4.69, 9.17) is 4.74 Å². The maximum Gasteiger partial charge on any atom is 0.324 e. The van der Waals surface area contributed by atoms with Crippen molar-refractivity contribution < 1.29 is 17.9 Å². The first-order valence-electron chi connectivity index (χ1n) is 7.80. The highest BCUT2D eigenvalue weighted by molar-refractivity contribution is 7.89. The molecule has 25 heavy (non-hydrogen) atoms. The molecule has 0 bridgehead atoms. The smallest absolute Gasteiger partial charge is 0.324 e. The lowest BCUT2D eigenvalue weighted by molar-refractivity contribution is -0.145. The van der Waals surface area contributed by atoms with Crippen LogP contribution in [0.15, 0.2) is 78.2 Å². The third-order valence-electron chi connectivity index (χ3n) is 3.75. The zero-order valence-electron chi connectivity index (χ0n) is 14.0. The van der Waals surface area contributed by atoms with Crippen LogP contribution in [0.2, 0.25) is 0 Å². The number of rotatable bonds is 8. The molecule has 0 fully saturated rings. The van der Waals surface area contributed by atoms with Crippen LogP contribution >= 0.6 is 0 Å². The Morgan fingerprint density at radius 2 is 1.68 bits per heavy atom. The minimum absolute atomic E-state index is 0.00380. The molecule has 0 aliphatic rings. The van der Waals surface area contributed by atoms with Gasteiger partial charge in [-0.1, -0.05) is 54.6 Å². The number of methoxy groups -OCH3 is 1. The van der Waals surface area contributed by atoms with Crippen molar-refractivity contribution in [3.8, 4) is 0 Å². The first-order valence-corrected chi connectivity index (χ1v) is 9.24. The number of ether oxygens (including phenoxy) is 1. The molecule has 0 spiro atoms. The predicted molar refractivity (Wildman–Crippen MR) is 96.5 cm³/mol. The fraction of sp³-hybridized carbons (Fsp3) is 0.211. The Labute approximate surface area is 148 Å². The number of benzene rings is 2. The van der Waals surface area contributed by atoms with Gasteiger partial charge in [0, 0.05) is 6.54 Å². The molecule has 5 nitrogen and oxygen atoms in total. The molecule has 0 aliphatic carbocycles. The van der Waals surface area contributed by atoms with E-state index in [0.29, 0.717) is 0 Å². The van der Waals surface area contributed by atoms with Gasteiger partial charge in [-0.25, -0.2) is 8.42 Å². The van der Waals surface area contributed by atoms with Crippen LogP contribution < -0.4 is 0 Å². The summed E-state index contributed by atoms with van der Waals surface area (Å²) in [6.45, 7) is 3.63. The number of carbonyl (C=O) groups excluding carboxylic acids is 1. The molecule has 1 atom stereocenters. The minimum Gasteiger partial charge on any atom is -0.468 e. The van der Waals surface area contributed by atoms with Crippen molar-refractivity contribution in [3.05, 3.63) is 78.9 Å². The first kappa shape index (κ1) is 18.9. The van der Waals surface area contributed by atoms with E-state index in [-0.39, 0.29) is 17.9 Å². The summed E-state index contributed by atoms with van der Waals surface area (Å²) in [4.78, 5) is 12.5. The van der Waals surface area contributed by atoms with Gasteiger partial charge in [0.2, 0.25) is 10.0 Å². The normalized spacial score (nSPS) is 12.6. The van der Waals surface area contributed by atoms with E-state index in [1.165, 1.54) is 25.3 Å². The number of carbonyl (C=O) groups is 1. The third-order valence-corrected chi connectivity index (χ3v) is 5.64. The van der Waals surface area contributed by atoms with Crippen LogP contribution in [0, 0.1) is 0 Å². The molecule has 0 amide bonds. The van der Waals surface area contributed by atoms with E-state index < -0.39 is 22.0 Å². The minimum atomic E-state index is -3.88. The van der Waals surface area contributed by atoms with Crippen LogP contribution in [0.3, 0.4) is 0 Å². The van der Waals surface area contributed by atoms with Crippen LogP contribution in [-0.4, -0.2) is 38.4 Å². The average molecular weight is 359 g/mol. The highest BCUT2D eigenvalue weighted by Gasteiger charge is 2.35. The fourth-order valence-electron chi connectivity index (χ4n) is 2.52. The highest BCUT2D eigenvalue weighted by atomic mass is 32.2. The number of esters is 1. The van der Waals surface area contributed by atoms with Crippen molar-refractivity contribution in [3.63, 3.8) is 0 Å². The second-order valence-electron chi connectivity index (χ2n) is 5.41. The summed E-state index contributed by atoms with van der Waals surface area (Å²) in [5.41, 5.74) is 0.843. The maximum absolute atomic E-state index is 13.0. The monoisotopic (exact) mass is 359 g/mol. The van der Waals surface area contributed by atoms with Crippen molar-refractivity contribution in [1.29, 1.82) is 0 Å². The van der Waals surface area contributed by atoms with Gasteiger partial charge in [0.05, 0.1) is 12.0 Å². The lowest BCUT2D eigenvalue weighted by atomic mass is 10.1. The molecule has 132 valence electrons. The third kappa shape index (κ3) is 4.55. The Balaban J connectivity index is 2.45. The Bertz CT molecular complexity index is 804. The topological polar surface area (TPSA) is 63.7 Å². The molecule has 2 rings (SSSR count). The summed E-state index contributed by atoms with van der Waals surface area (Å²) in [7, 11) is -2.62. The van der Waals surface area contributed by atoms with Crippen LogP contribution in [-0.2, 0) is 26.0 Å². The number of hydrogen-bond donors (Lipinski definition) is 0. The van der Waals surface area contributed by atoms with E-state index in [1.54, 1.807) is 18.2 Å². The highest BCUT2D eigenvalue weighted by Crippen LogP contribution is 2.21. The van der Waals surface area contributed by atoms with Crippen molar-refractivity contribution in [1.82, 2.24) is 4.31 Å². The molecular formula is C19H21NO4S. The molecule has 0 radical (unpaired) electrons. The van der Waals surface area contributed by atoms with Crippen LogP contribution in [0.1, 0.15) is 5.56 Å². The van der Waals surface area contributed by atoms with E-state index in [2.05, 4.69) is 6.58 Å². The Hall–Kier alpha value is -2.44. The van der Waals surface area contributed by atoms with Gasteiger partial charge < -0.3 is 4.74 Å². The molecule has 0 saturated carbocycles. The lowest BCUT2D eigenvalue weighted by Gasteiger charge is -2.28. The van der Waals surface area contributed by atoms with E-state index in [1.807, 2.05) is 30.3 Å². The van der Waals surface area contributed by atoms with Gasteiger partial charge >= 0.3 is 5.97 Å². The summed E-state index contributed by atoms with van der Waals surface area (Å²) in [6.07, 6.45) is 1.68. The summed E-state index contributed by atoms with van der Waals surface area (Å²) in [5, 5.41) is 0. The molecule has 2 aromatic rings. The molecule has 0 saturated heterocycles. The Kier molecular flexibility index (Phi) is 6.50. The van der Waals surface area contributed by atoms with Gasteiger partial charge in [-0.05, 0) is 24.1 Å². The number of hydrogen-bond acceptors (Lipinski definition) is 4. The van der Waals surface area contributed by atoms with Gasteiger partial charge in [-0.3, -0.25) is 4.79 Å². The van der Waals surface area contributed by atoms with E-state index in [9.17, 15) is 13.2 Å². The second kappa shape index (κ2) is 8.60. The molecule has 0 aromatic heterocycles. The molecular weight excluding hydrogens is 338 g/mol. The lowest BCUT2D eigenvalue weighted by Crippen LogP contribution is -2.46. The molecule has 0 aliphatic heterocycles. The standard InChI is InChI=1S/C19H21NO4S/c1-3-14-20(25(22,23)17-12-8-5-9-13-17)18(19(21)24-2)15-16-10-6-4-7-11-16/h3-13,18H,1,14-15H2,2H3/t18-/m0/s1. The summed E-state index contributed by atoms with van der Waals surface area (Å²) in [5.74, 6) is -0.606. The average Bonchev–Trinajstić information content (AvgIpc) is 2.65. The van der Waals surface area contributed by atoms with Gasteiger partial charge in [0.25, 0.3) is 0 Å².